The Morgan fingerprint density at radius 1 is 1.50 bits per heavy atom. The van der Waals surface area contributed by atoms with Gasteiger partial charge in [-0.05, 0) is 38.1 Å². The van der Waals surface area contributed by atoms with Gasteiger partial charge >= 0.3 is 0 Å². The number of likely N-dealkylation sites (tertiary alicyclic amines) is 1. The van der Waals surface area contributed by atoms with Crippen LogP contribution in [0.5, 0.6) is 0 Å². The molecule has 0 amide bonds. The molecule has 1 N–H and O–H groups in total. The molecule has 1 aliphatic heterocycles. The third-order valence-electron chi connectivity index (χ3n) is 3.70. The van der Waals surface area contributed by atoms with Crippen LogP contribution in [0.1, 0.15) is 6.42 Å². The smallest absolute Gasteiger partial charge is 0.244 e. The van der Waals surface area contributed by atoms with Crippen molar-refractivity contribution in [3.63, 3.8) is 0 Å². The highest BCUT2D eigenvalue weighted by atomic mass is 32.2. The Morgan fingerprint density at radius 3 is 2.75 bits per heavy atom. The summed E-state index contributed by atoms with van der Waals surface area (Å²) in [6, 6.07) is 3.26. The van der Waals surface area contributed by atoms with E-state index in [2.05, 4.69) is 22.2 Å². The predicted octanol–water partition coefficient (Wildman–Crippen LogP) is 0.695. The molecule has 1 saturated heterocycles. The summed E-state index contributed by atoms with van der Waals surface area (Å²) in [5.41, 5.74) is 0. The van der Waals surface area contributed by atoms with E-state index in [-0.39, 0.29) is 4.90 Å². The van der Waals surface area contributed by atoms with E-state index in [1.807, 2.05) is 0 Å². The number of sulfonamides is 1. The molecule has 1 aromatic heterocycles. The maximum Gasteiger partial charge on any atom is 0.244 e. The maximum absolute atomic E-state index is 12.5. The Morgan fingerprint density at radius 2 is 2.25 bits per heavy atom. The summed E-state index contributed by atoms with van der Waals surface area (Å²) in [6.45, 7) is 2.55. The number of rotatable bonds is 5. The molecule has 0 spiro atoms. The number of anilines is 1. The van der Waals surface area contributed by atoms with Crippen LogP contribution in [0.15, 0.2) is 23.2 Å². The van der Waals surface area contributed by atoms with E-state index in [9.17, 15) is 8.42 Å². The van der Waals surface area contributed by atoms with E-state index in [0.29, 0.717) is 18.3 Å². The molecule has 0 radical (unpaired) electrons. The minimum atomic E-state index is -3.44. The predicted molar refractivity (Wildman–Crippen MR) is 79.2 cm³/mol. The SMILES string of the molecule is CNc1ccc(S(=O)(=O)N(C)CC2CCN(C)C2)cn1. The fourth-order valence-corrected chi connectivity index (χ4v) is 3.69. The number of nitrogens with zero attached hydrogens (tertiary/aromatic N) is 3. The summed E-state index contributed by atoms with van der Waals surface area (Å²) >= 11 is 0. The van der Waals surface area contributed by atoms with Gasteiger partial charge < -0.3 is 10.2 Å². The van der Waals surface area contributed by atoms with Crippen molar-refractivity contribution in [2.45, 2.75) is 11.3 Å². The summed E-state index contributed by atoms with van der Waals surface area (Å²) in [5, 5.41) is 2.87. The van der Waals surface area contributed by atoms with Gasteiger partial charge in [0.15, 0.2) is 0 Å². The van der Waals surface area contributed by atoms with Crippen LogP contribution in [-0.4, -0.2) is 63.4 Å². The second-order valence-electron chi connectivity index (χ2n) is 5.33. The van der Waals surface area contributed by atoms with E-state index in [1.165, 1.54) is 10.5 Å². The lowest BCUT2D eigenvalue weighted by Gasteiger charge is -2.20. The van der Waals surface area contributed by atoms with Crippen molar-refractivity contribution in [2.24, 2.45) is 5.92 Å². The topological polar surface area (TPSA) is 65.5 Å². The average Bonchev–Trinajstić information content (AvgIpc) is 2.84. The summed E-state index contributed by atoms with van der Waals surface area (Å²) in [7, 11) is 2.01. The van der Waals surface area contributed by atoms with Crippen molar-refractivity contribution in [3.8, 4) is 0 Å². The highest BCUT2D eigenvalue weighted by molar-refractivity contribution is 7.89. The van der Waals surface area contributed by atoms with E-state index in [1.54, 1.807) is 26.2 Å². The largest absolute Gasteiger partial charge is 0.373 e. The van der Waals surface area contributed by atoms with E-state index in [0.717, 1.165) is 19.5 Å². The number of hydrogen-bond acceptors (Lipinski definition) is 5. The third kappa shape index (κ3) is 3.28. The fraction of sp³-hybridized carbons (Fsp3) is 0.615. The van der Waals surface area contributed by atoms with Crippen LogP contribution in [0.3, 0.4) is 0 Å². The zero-order valence-electron chi connectivity index (χ0n) is 12.2. The van der Waals surface area contributed by atoms with Crippen LogP contribution >= 0.6 is 0 Å². The molecule has 1 aromatic rings. The molecule has 0 aromatic carbocycles. The summed E-state index contributed by atoms with van der Waals surface area (Å²) in [5.74, 6) is 1.06. The lowest BCUT2D eigenvalue weighted by atomic mass is 10.1. The van der Waals surface area contributed by atoms with E-state index < -0.39 is 10.0 Å². The second kappa shape index (κ2) is 6.07. The molecule has 1 fully saturated rings. The van der Waals surface area contributed by atoms with Gasteiger partial charge in [0.05, 0.1) is 0 Å². The molecule has 0 saturated carbocycles. The first-order chi connectivity index (χ1) is 9.43. The first kappa shape index (κ1) is 15.2. The Balaban J connectivity index is 2.08. The van der Waals surface area contributed by atoms with Gasteiger partial charge in [0.25, 0.3) is 0 Å². The molecule has 6 nitrogen and oxygen atoms in total. The van der Waals surface area contributed by atoms with Crippen molar-refractivity contribution < 1.29 is 8.42 Å². The Hall–Kier alpha value is -1.18. The summed E-state index contributed by atoms with van der Waals surface area (Å²) < 4.78 is 26.3. The minimum Gasteiger partial charge on any atom is -0.373 e. The van der Waals surface area contributed by atoms with Gasteiger partial charge in [-0.15, -0.1) is 0 Å². The van der Waals surface area contributed by atoms with Gasteiger partial charge in [0.2, 0.25) is 10.0 Å². The van der Waals surface area contributed by atoms with Crippen molar-refractivity contribution in [1.82, 2.24) is 14.2 Å². The fourth-order valence-electron chi connectivity index (χ4n) is 2.50. The third-order valence-corrected chi connectivity index (χ3v) is 5.51. The quantitative estimate of drug-likeness (QED) is 0.866. The Bertz CT molecular complexity index is 544. The normalized spacial score (nSPS) is 20.5. The second-order valence-corrected chi connectivity index (χ2v) is 7.38. The Kier molecular flexibility index (Phi) is 4.62. The summed E-state index contributed by atoms with van der Waals surface area (Å²) in [6.07, 6.45) is 2.45. The molecule has 0 aliphatic carbocycles. The lowest BCUT2D eigenvalue weighted by molar-refractivity contribution is 0.356. The first-order valence-electron chi connectivity index (χ1n) is 6.72. The standard InChI is InChI=1S/C13H22N4O2S/c1-14-13-5-4-12(8-15-13)20(18,19)17(3)10-11-6-7-16(2)9-11/h4-5,8,11H,6-7,9-10H2,1-3H3,(H,14,15). The monoisotopic (exact) mass is 298 g/mol. The number of nitrogens with one attached hydrogen (secondary N) is 1. The average molecular weight is 298 g/mol. The molecular formula is C13H22N4O2S. The molecule has 2 heterocycles. The van der Waals surface area contributed by atoms with Crippen LogP contribution in [0.4, 0.5) is 5.82 Å². The zero-order valence-corrected chi connectivity index (χ0v) is 13.0. The van der Waals surface area contributed by atoms with Crippen LogP contribution in [-0.2, 0) is 10.0 Å². The number of aromatic nitrogens is 1. The molecule has 0 bridgehead atoms. The molecule has 7 heteroatoms. The van der Waals surface area contributed by atoms with Crippen molar-refractivity contribution in [1.29, 1.82) is 0 Å². The minimum absolute atomic E-state index is 0.241. The zero-order chi connectivity index (χ0) is 14.8. The van der Waals surface area contributed by atoms with Crippen LogP contribution in [0.2, 0.25) is 0 Å². The lowest BCUT2D eigenvalue weighted by Crippen LogP contribution is -2.33. The summed E-state index contributed by atoms with van der Waals surface area (Å²) in [4.78, 5) is 6.54. The van der Waals surface area contributed by atoms with Crippen molar-refractivity contribution in [2.75, 3.05) is 46.1 Å². The van der Waals surface area contributed by atoms with Gasteiger partial charge in [-0.2, -0.15) is 0 Å². The first-order valence-corrected chi connectivity index (χ1v) is 8.16. The van der Waals surface area contributed by atoms with Crippen molar-refractivity contribution >= 4 is 15.8 Å². The molecule has 1 aliphatic rings. The molecule has 1 atom stereocenters. The highest BCUT2D eigenvalue weighted by Crippen LogP contribution is 2.20. The highest BCUT2D eigenvalue weighted by Gasteiger charge is 2.27. The van der Waals surface area contributed by atoms with E-state index in [4.69, 9.17) is 0 Å². The molecular weight excluding hydrogens is 276 g/mol. The molecule has 1 unspecified atom stereocenters. The van der Waals surface area contributed by atoms with Crippen molar-refractivity contribution in [3.05, 3.63) is 18.3 Å². The number of hydrogen-bond donors (Lipinski definition) is 1. The molecule has 2 rings (SSSR count). The van der Waals surface area contributed by atoms with Gasteiger partial charge in [0.1, 0.15) is 10.7 Å². The van der Waals surface area contributed by atoms with Crippen LogP contribution in [0, 0.1) is 5.92 Å². The maximum atomic E-state index is 12.5. The van der Waals surface area contributed by atoms with E-state index >= 15 is 0 Å². The number of pyridine rings is 1. The van der Waals surface area contributed by atoms with Crippen LogP contribution in [0.25, 0.3) is 0 Å². The van der Waals surface area contributed by atoms with Crippen LogP contribution < -0.4 is 5.32 Å². The van der Waals surface area contributed by atoms with Gasteiger partial charge in [-0.1, -0.05) is 0 Å². The molecule has 20 heavy (non-hydrogen) atoms. The van der Waals surface area contributed by atoms with Gasteiger partial charge in [0, 0.05) is 33.4 Å². The van der Waals surface area contributed by atoms with Gasteiger partial charge in [-0.3, -0.25) is 0 Å². The Labute approximate surface area is 120 Å². The van der Waals surface area contributed by atoms with Gasteiger partial charge in [-0.25, -0.2) is 17.7 Å². The molecule has 112 valence electrons.